The van der Waals surface area contributed by atoms with Gasteiger partial charge in [0.2, 0.25) is 0 Å². The highest BCUT2D eigenvalue weighted by molar-refractivity contribution is 5.96. The van der Waals surface area contributed by atoms with Gasteiger partial charge in [0, 0.05) is 24.8 Å². The quantitative estimate of drug-likeness (QED) is 0.914. The van der Waals surface area contributed by atoms with Crippen LogP contribution in [0, 0.1) is 0 Å². The summed E-state index contributed by atoms with van der Waals surface area (Å²) in [6.07, 6.45) is 2.03. The van der Waals surface area contributed by atoms with Gasteiger partial charge in [0.05, 0.1) is 14.2 Å². The lowest BCUT2D eigenvalue weighted by atomic mass is 9.98. The summed E-state index contributed by atoms with van der Waals surface area (Å²) in [5, 5.41) is 9.03. The minimum Gasteiger partial charge on any atom is -0.493 e. The Kier molecular flexibility index (Phi) is 4.56. The first kappa shape index (κ1) is 16.8. The van der Waals surface area contributed by atoms with Gasteiger partial charge in [-0.05, 0) is 41.8 Å². The summed E-state index contributed by atoms with van der Waals surface area (Å²) in [5.74, 6) is -0.0883. The lowest BCUT2D eigenvalue weighted by Crippen LogP contribution is -2.36. The average molecular weight is 342 g/mol. The standard InChI is InChI=1S/C18H18N2O5/c1-24-15-8-11-4-6-20(10-13(11)9-16(15)25-2)17(21)12-3-5-19-14(7-12)18(22)23/h3,5,7-9H,4,6,10H2,1-2H3,(H,22,23). The van der Waals surface area contributed by atoms with Gasteiger partial charge in [-0.15, -0.1) is 0 Å². The minimum atomic E-state index is -1.16. The Morgan fingerprint density at radius 2 is 1.80 bits per heavy atom. The van der Waals surface area contributed by atoms with Gasteiger partial charge >= 0.3 is 5.97 Å². The number of carbonyl (C=O) groups is 2. The molecule has 2 heterocycles. The fourth-order valence-corrected chi connectivity index (χ4v) is 2.92. The van der Waals surface area contributed by atoms with Crippen LogP contribution in [0.1, 0.15) is 32.0 Å². The first-order chi connectivity index (χ1) is 12.0. The van der Waals surface area contributed by atoms with Gasteiger partial charge in [-0.1, -0.05) is 0 Å². The molecule has 0 spiro atoms. The second-order valence-corrected chi connectivity index (χ2v) is 5.69. The van der Waals surface area contributed by atoms with Crippen LogP contribution in [0.15, 0.2) is 30.5 Å². The van der Waals surface area contributed by atoms with Gasteiger partial charge < -0.3 is 19.5 Å². The normalized spacial score (nSPS) is 13.1. The van der Waals surface area contributed by atoms with Crippen LogP contribution in [0.3, 0.4) is 0 Å². The Morgan fingerprint density at radius 1 is 1.12 bits per heavy atom. The van der Waals surface area contributed by atoms with Crippen molar-refractivity contribution in [1.82, 2.24) is 9.88 Å². The smallest absolute Gasteiger partial charge is 0.354 e. The third kappa shape index (κ3) is 3.26. The number of aromatic nitrogens is 1. The highest BCUT2D eigenvalue weighted by atomic mass is 16.5. The molecule has 7 heteroatoms. The predicted molar refractivity (Wildman–Crippen MR) is 89.2 cm³/mol. The predicted octanol–water partition coefficient (Wildman–Crippen LogP) is 2.00. The summed E-state index contributed by atoms with van der Waals surface area (Å²) in [4.78, 5) is 29.2. The van der Waals surface area contributed by atoms with E-state index in [1.165, 1.54) is 18.3 Å². The third-order valence-electron chi connectivity index (χ3n) is 4.23. The summed E-state index contributed by atoms with van der Waals surface area (Å²) in [6, 6.07) is 6.64. The lowest BCUT2D eigenvalue weighted by Gasteiger charge is -2.29. The monoisotopic (exact) mass is 342 g/mol. The van der Waals surface area contributed by atoms with Crippen molar-refractivity contribution in [2.75, 3.05) is 20.8 Å². The van der Waals surface area contributed by atoms with Gasteiger partial charge in [-0.3, -0.25) is 4.79 Å². The van der Waals surface area contributed by atoms with E-state index >= 15 is 0 Å². The maximum absolute atomic E-state index is 12.7. The highest BCUT2D eigenvalue weighted by Crippen LogP contribution is 2.33. The van der Waals surface area contributed by atoms with E-state index < -0.39 is 5.97 Å². The molecule has 0 saturated carbocycles. The summed E-state index contributed by atoms with van der Waals surface area (Å²) >= 11 is 0. The molecule has 1 aromatic heterocycles. The van der Waals surface area contributed by atoms with E-state index in [2.05, 4.69) is 4.98 Å². The Hall–Kier alpha value is -3.09. The first-order valence-electron chi connectivity index (χ1n) is 7.76. The van der Waals surface area contributed by atoms with Gasteiger partial charge in [-0.25, -0.2) is 9.78 Å². The fraction of sp³-hybridized carbons (Fsp3) is 0.278. The molecule has 1 aliphatic rings. The van der Waals surface area contributed by atoms with Crippen molar-refractivity contribution in [3.63, 3.8) is 0 Å². The molecule has 0 fully saturated rings. The number of nitrogens with zero attached hydrogens (tertiary/aromatic N) is 2. The number of fused-ring (bicyclic) bond motifs is 1. The van der Waals surface area contributed by atoms with Crippen LogP contribution >= 0.6 is 0 Å². The Morgan fingerprint density at radius 3 is 2.44 bits per heavy atom. The molecule has 0 bridgehead atoms. The maximum atomic E-state index is 12.7. The van der Waals surface area contributed by atoms with Crippen LogP contribution in [0.4, 0.5) is 0 Å². The molecular formula is C18H18N2O5. The second kappa shape index (κ2) is 6.80. The molecule has 0 atom stereocenters. The van der Waals surface area contributed by atoms with Crippen molar-refractivity contribution in [1.29, 1.82) is 0 Å². The van der Waals surface area contributed by atoms with Gasteiger partial charge in [0.25, 0.3) is 5.91 Å². The molecule has 25 heavy (non-hydrogen) atoms. The molecule has 3 rings (SSSR count). The number of amides is 1. The molecule has 0 radical (unpaired) electrons. The number of benzene rings is 1. The topological polar surface area (TPSA) is 89.0 Å². The summed E-state index contributed by atoms with van der Waals surface area (Å²) < 4.78 is 10.6. The molecule has 1 aliphatic heterocycles. The van der Waals surface area contributed by atoms with E-state index in [1.807, 2.05) is 12.1 Å². The van der Waals surface area contributed by atoms with Crippen LogP contribution in [0.25, 0.3) is 0 Å². The summed E-state index contributed by atoms with van der Waals surface area (Å²) in [6.45, 7) is 0.977. The Bertz CT molecular complexity index is 834. The molecule has 1 N–H and O–H groups in total. The van der Waals surface area contributed by atoms with Crippen LogP contribution in [0.2, 0.25) is 0 Å². The van der Waals surface area contributed by atoms with E-state index in [4.69, 9.17) is 14.6 Å². The zero-order valence-electron chi connectivity index (χ0n) is 14.0. The van der Waals surface area contributed by atoms with Gasteiger partial charge in [0.15, 0.2) is 11.5 Å². The third-order valence-corrected chi connectivity index (χ3v) is 4.23. The molecule has 1 amide bonds. The number of rotatable bonds is 4. The molecule has 130 valence electrons. The van der Waals surface area contributed by atoms with Crippen molar-refractivity contribution in [2.24, 2.45) is 0 Å². The van der Waals surface area contributed by atoms with Crippen molar-refractivity contribution in [3.8, 4) is 11.5 Å². The van der Waals surface area contributed by atoms with Crippen LogP contribution in [0.5, 0.6) is 11.5 Å². The van der Waals surface area contributed by atoms with E-state index in [-0.39, 0.29) is 11.6 Å². The van der Waals surface area contributed by atoms with Crippen molar-refractivity contribution in [3.05, 3.63) is 52.8 Å². The first-order valence-corrected chi connectivity index (χ1v) is 7.76. The van der Waals surface area contributed by atoms with Gasteiger partial charge in [-0.2, -0.15) is 0 Å². The number of carboxylic acid groups (broad SMARTS) is 1. The molecule has 0 saturated heterocycles. The number of hydrogen-bond acceptors (Lipinski definition) is 5. The number of carbonyl (C=O) groups excluding carboxylic acids is 1. The zero-order valence-corrected chi connectivity index (χ0v) is 14.0. The lowest BCUT2D eigenvalue weighted by molar-refractivity contribution is 0.0690. The molecular weight excluding hydrogens is 324 g/mol. The van der Waals surface area contributed by atoms with Crippen molar-refractivity contribution >= 4 is 11.9 Å². The fourth-order valence-electron chi connectivity index (χ4n) is 2.92. The van der Waals surface area contributed by atoms with Crippen LogP contribution in [-0.2, 0) is 13.0 Å². The van der Waals surface area contributed by atoms with Crippen molar-refractivity contribution < 1.29 is 24.2 Å². The number of carboxylic acids is 1. The van der Waals surface area contributed by atoms with E-state index in [0.29, 0.717) is 36.6 Å². The summed E-state index contributed by atoms with van der Waals surface area (Å²) in [5.41, 5.74) is 2.28. The molecule has 0 aliphatic carbocycles. The minimum absolute atomic E-state index is 0.144. The number of ether oxygens (including phenoxy) is 2. The van der Waals surface area contributed by atoms with E-state index in [9.17, 15) is 9.59 Å². The van der Waals surface area contributed by atoms with E-state index in [1.54, 1.807) is 19.1 Å². The Balaban J connectivity index is 1.86. The second-order valence-electron chi connectivity index (χ2n) is 5.69. The van der Waals surface area contributed by atoms with Crippen LogP contribution in [-0.4, -0.2) is 47.6 Å². The highest BCUT2D eigenvalue weighted by Gasteiger charge is 2.24. The number of pyridine rings is 1. The van der Waals surface area contributed by atoms with Gasteiger partial charge in [0.1, 0.15) is 5.69 Å². The van der Waals surface area contributed by atoms with E-state index in [0.717, 1.165) is 11.1 Å². The van der Waals surface area contributed by atoms with Crippen LogP contribution < -0.4 is 9.47 Å². The largest absolute Gasteiger partial charge is 0.493 e. The number of hydrogen-bond donors (Lipinski definition) is 1. The SMILES string of the molecule is COc1cc2c(cc1OC)CN(C(=O)c1ccnc(C(=O)O)c1)CC2. The number of aromatic carboxylic acids is 1. The Labute approximate surface area is 144 Å². The molecule has 0 unspecified atom stereocenters. The molecule has 1 aromatic carbocycles. The molecule has 2 aromatic rings. The summed E-state index contributed by atoms with van der Waals surface area (Å²) in [7, 11) is 3.16. The van der Waals surface area contributed by atoms with Crippen molar-refractivity contribution in [2.45, 2.75) is 13.0 Å². The maximum Gasteiger partial charge on any atom is 0.354 e. The average Bonchev–Trinajstić information content (AvgIpc) is 2.65. The molecule has 7 nitrogen and oxygen atoms in total. The number of methoxy groups -OCH3 is 2. The zero-order chi connectivity index (χ0) is 18.0.